The van der Waals surface area contributed by atoms with Gasteiger partial charge in [-0.25, -0.2) is 14.8 Å². The van der Waals surface area contributed by atoms with Crippen LogP contribution >= 0.6 is 15.9 Å². The van der Waals surface area contributed by atoms with Crippen LogP contribution < -0.4 is 5.32 Å². The van der Waals surface area contributed by atoms with E-state index in [0.29, 0.717) is 12.2 Å². The van der Waals surface area contributed by atoms with Crippen molar-refractivity contribution in [1.29, 1.82) is 0 Å². The van der Waals surface area contributed by atoms with Gasteiger partial charge in [0.05, 0.1) is 12.4 Å². The van der Waals surface area contributed by atoms with Gasteiger partial charge in [0.1, 0.15) is 11.4 Å². The normalized spacial score (nSPS) is 13.4. The summed E-state index contributed by atoms with van der Waals surface area (Å²) in [6, 6.07) is 7.46. The number of nitrogens with one attached hydrogen (secondary N) is 1. The fraction of sp³-hybridized carbons (Fsp3) is 0.267. The van der Waals surface area contributed by atoms with E-state index in [1.165, 1.54) is 12.4 Å². The molecule has 22 heavy (non-hydrogen) atoms. The molecule has 1 unspecified atom stereocenters. The zero-order valence-electron chi connectivity index (χ0n) is 12.0. The Morgan fingerprint density at radius 1 is 1.27 bits per heavy atom. The van der Waals surface area contributed by atoms with Gasteiger partial charge in [0.15, 0.2) is 5.69 Å². The van der Waals surface area contributed by atoms with Crippen LogP contribution in [-0.2, 0) is 5.60 Å². The Kier molecular flexibility index (Phi) is 5.10. The number of nitrogens with zero attached hydrogens (tertiary/aromatic N) is 2. The molecule has 0 saturated carbocycles. The number of carboxylic acids is 1. The van der Waals surface area contributed by atoms with Gasteiger partial charge in [0, 0.05) is 11.0 Å². The molecule has 0 spiro atoms. The SMILES string of the molecule is CCC(O)(CNc1cnc(C(=O)O)cn1)c1ccc(Br)cc1. The Morgan fingerprint density at radius 3 is 2.45 bits per heavy atom. The van der Waals surface area contributed by atoms with Gasteiger partial charge in [-0.2, -0.15) is 0 Å². The van der Waals surface area contributed by atoms with E-state index in [1.54, 1.807) is 0 Å². The molecule has 2 aromatic rings. The summed E-state index contributed by atoms with van der Waals surface area (Å²) in [6.07, 6.45) is 3.03. The van der Waals surface area contributed by atoms with Crippen molar-refractivity contribution in [2.45, 2.75) is 18.9 Å². The second-order valence-corrected chi connectivity index (χ2v) is 5.75. The van der Waals surface area contributed by atoms with E-state index in [4.69, 9.17) is 5.11 Å². The monoisotopic (exact) mass is 365 g/mol. The molecule has 0 amide bonds. The lowest BCUT2D eigenvalue weighted by molar-refractivity contribution is 0.0462. The first kappa shape index (κ1) is 16.4. The minimum absolute atomic E-state index is 0.121. The molecular formula is C15H16BrN3O3. The van der Waals surface area contributed by atoms with Crippen molar-refractivity contribution in [2.24, 2.45) is 0 Å². The number of aromatic nitrogens is 2. The Balaban J connectivity index is 2.09. The van der Waals surface area contributed by atoms with Gasteiger partial charge in [-0.05, 0) is 24.1 Å². The van der Waals surface area contributed by atoms with Gasteiger partial charge in [-0.15, -0.1) is 0 Å². The highest BCUT2D eigenvalue weighted by Crippen LogP contribution is 2.26. The Labute approximate surface area is 136 Å². The zero-order chi connectivity index (χ0) is 16.2. The molecule has 7 heteroatoms. The van der Waals surface area contributed by atoms with Gasteiger partial charge >= 0.3 is 5.97 Å². The molecule has 0 aliphatic rings. The van der Waals surface area contributed by atoms with Crippen molar-refractivity contribution in [3.05, 3.63) is 52.4 Å². The maximum Gasteiger partial charge on any atom is 0.356 e. The highest BCUT2D eigenvalue weighted by atomic mass is 79.9. The second kappa shape index (κ2) is 6.85. The summed E-state index contributed by atoms with van der Waals surface area (Å²) in [5.74, 6) is -0.715. The smallest absolute Gasteiger partial charge is 0.356 e. The number of rotatable bonds is 6. The van der Waals surface area contributed by atoms with Gasteiger partial charge in [0.2, 0.25) is 0 Å². The van der Waals surface area contributed by atoms with Crippen molar-refractivity contribution in [2.75, 3.05) is 11.9 Å². The number of benzene rings is 1. The molecule has 6 nitrogen and oxygen atoms in total. The molecule has 1 atom stereocenters. The van der Waals surface area contributed by atoms with Gasteiger partial charge < -0.3 is 15.5 Å². The number of aromatic carboxylic acids is 1. The highest BCUT2D eigenvalue weighted by Gasteiger charge is 2.27. The number of hydrogen-bond donors (Lipinski definition) is 3. The number of carboxylic acid groups (broad SMARTS) is 1. The van der Waals surface area contributed by atoms with Crippen LogP contribution in [0.3, 0.4) is 0 Å². The maximum absolute atomic E-state index is 10.8. The van der Waals surface area contributed by atoms with Crippen molar-refractivity contribution in [3.63, 3.8) is 0 Å². The quantitative estimate of drug-likeness (QED) is 0.728. The molecule has 0 aliphatic carbocycles. The summed E-state index contributed by atoms with van der Waals surface area (Å²) >= 11 is 3.36. The van der Waals surface area contributed by atoms with Gasteiger partial charge in [-0.1, -0.05) is 35.0 Å². The molecule has 0 saturated heterocycles. The Bertz CT molecular complexity index is 646. The molecule has 0 aliphatic heterocycles. The van der Waals surface area contributed by atoms with Gasteiger partial charge in [-0.3, -0.25) is 0 Å². The predicted octanol–water partition coefficient (Wildman–Crippen LogP) is 2.65. The molecular weight excluding hydrogens is 350 g/mol. The van der Waals surface area contributed by atoms with Crippen molar-refractivity contribution < 1.29 is 15.0 Å². The Morgan fingerprint density at radius 2 is 1.95 bits per heavy atom. The minimum atomic E-state index is -1.13. The lowest BCUT2D eigenvalue weighted by Gasteiger charge is -2.28. The molecule has 1 aromatic heterocycles. The summed E-state index contributed by atoms with van der Waals surface area (Å²) in [5, 5.41) is 22.5. The van der Waals surface area contributed by atoms with Crippen molar-refractivity contribution >= 4 is 27.7 Å². The van der Waals surface area contributed by atoms with Crippen LogP contribution in [0.2, 0.25) is 0 Å². The summed E-state index contributed by atoms with van der Waals surface area (Å²) < 4.78 is 0.942. The average molecular weight is 366 g/mol. The lowest BCUT2D eigenvalue weighted by atomic mass is 9.91. The van der Waals surface area contributed by atoms with Crippen LogP contribution in [0, 0.1) is 0 Å². The maximum atomic E-state index is 10.8. The summed E-state index contributed by atoms with van der Waals surface area (Å²) in [7, 11) is 0. The molecule has 1 heterocycles. The summed E-state index contributed by atoms with van der Waals surface area (Å²) in [6.45, 7) is 2.13. The lowest BCUT2D eigenvalue weighted by Crippen LogP contribution is -2.33. The van der Waals surface area contributed by atoms with Crippen LogP contribution in [0.25, 0.3) is 0 Å². The first-order chi connectivity index (χ1) is 10.4. The fourth-order valence-corrected chi connectivity index (χ4v) is 2.22. The second-order valence-electron chi connectivity index (χ2n) is 4.84. The van der Waals surface area contributed by atoms with Crippen molar-refractivity contribution in [1.82, 2.24) is 9.97 Å². The number of hydrogen-bond acceptors (Lipinski definition) is 5. The van der Waals surface area contributed by atoms with Gasteiger partial charge in [0.25, 0.3) is 0 Å². The van der Waals surface area contributed by atoms with Crippen LogP contribution in [0.1, 0.15) is 29.4 Å². The van der Waals surface area contributed by atoms with E-state index in [1.807, 2.05) is 31.2 Å². The third-order valence-corrected chi connectivity index (χ3v) is 3.93. The number of carbonyl (C=O) groups is 1. The molecule has 2 rings (SSSR count). The fourth-order valence-electron chi connectivity index (χ4n) is 1.96. The van der Waals surface area contributed by atoms with Crippen LogP contribution in [0.4, 0.5) is 5.82 Å². The third-order valence-electron chi connectivity index (χ3n) is 3.40. The van der Waals surface area contributed by atoms with E-state index < -0.39 is 11.6 Å². The van der Waals surface area contributed by atoms with E-state index in [9.17, 15) is 9.90 Å². The van der Waals surface area contributed by atoms with E-state index in [-0.39, 0.29) is 12.2 Å². The largest absolute Gasteiger partial charge is 0.476 e. The molecule has 1 aromatic carbocycles. The molecule has 0 fully saturated rings. The van der Waals surface area contributed by atoms with E-state index in [2.05, 4.69) is 31.2 Å². The first-order valence-electron chi connectivity index (χ1n) is 6.72. The van der Waals surface area contributed by atoms with E-state index >= 15 is 0 Å². The predicted molar refractivity (Wildman–Crippen MR) is 85.8 cm³/mol. The Hall–Kier alpha value is -1.99. The van der Waals surface area contributed by atoms with Crippen LogP contribution in [-0.4, -0.2) is 32.7 Å². The molecule has 0 radical (unpaired) electrons. The van der Waals surface area contributed by atoms with Crippen LogP contribution in [0.15, 0.2) is 41.1 Å². The number of anilines is 1. The highest BCUT2D eigenvalue weighted by molar-refractivity contribution is 9.10. The topological polar surface area (TPSA) is 95.3 Å². The molecule has 116 valence electrons. The molecule has 0 bridgehead atoms. The standard InChI is InChI=1S/C15H16BrN3O3/c1-2-15(22,10-3-5-11(16)6-4-10)9-19-13-8-17-12(7-18-13)14(20)21/h3-8,22H,2,9H2,1H3,(H,18,19)(H,20,21). The van der Waals surface area contributed by atoms with Crippen molar-refractivity contribution in [3.8, 4) is 0 Å². The van der Waals surface area contributed by atoms with Crippen LogP contribution in [0.5, 0.6) is 0 Å². The summed E-state index contributed by atoms with van der Waals surface area (Å²) in [4.78, 5) is 18.5. The summed E-state index contributed by atoms with van der Waals surface area (Å²) in [5.41, 5.74) is -0.376. The number of halogens is 1. The third kappa shape index (κ3) is 3.80. The minimum Gasteiger partial charge on any atom is -0.476 e. The molecule has 3 N–H and O–H groups in total. The first-order valence-corrected chi connectivity index (χ1v) is 7.51. The zero-order valence-corrected chi connectivity index (χ0v) is 13.5. The van der Waals surface area contributed by atoms with E-state index in [0.717, 1.165) is 10.0 Å². The average Bonchev–Trinajstić information content (AvgIpc) is 2.53. The number of aliphatic hydroxyl groups is 1.